The molecule has 2 aromatic rings. The van der Waals surface area contributed by atoms with Gasteiger partial charge in [0.1, 0.15) is 11.8 Å². The highest BCUT2D eigenvalue weighted by Crippen LogP contribution is 2.35. The highest BCUT2D eigenvalue weighted by atomic mass is 32.2. The third-order valence-electron chi connectivity index (χ3n) is 6.15. The molecule has 0 spiro atoms. The Bertz CT molecular complexity index is 1160. The summed E-state index contributed by atoms with van der Waals surface area (Å²) in [6.45, 7) is 6.18. The molecule has 2 amide bonds. The largest absolute Gasteiger partial charge is 0.494 e. The minimum Gasteiger partial charge on any atom is -0.494 e. The molecule has 0 radical (unpaired) electrons. The molecule has 0 aromatic heterocycles. The quantitative estimate of drug-likeness (QED) is 0.698. The Hall–Kier alpha value is -2.91. The van der Waals surface area contributed by atoms with Gasteiger partial charge in [-0.25, -0.2) is 8.42 Å². The summed E-state index contributed by atoms with van der Waals surface area (Å²) in [5, 5.41) is 2.83. The van der Waals surface area contributed by atoms with E-state index in [9.17, 15) is 18.0 Å². The Morgan fingerprint density at radius 2 is 1.88 bits per heavy atom. The Labute approximate surface area is 194 Å². The third kappa shape index (κ3) is 4.47. The smallest absolute Gasteiger partial charge is 0.243 e. The molecule has 2 heterocycles. The van der Waals surface area contributed by atoms with Crippen LogP contribution in [0.3, 0.4) is 0 Å². The number of nitrogens with zero attached hydrogens (tertiary/aromatic N) is 2. The number of carbonyl (C=O) groups excluding carboxylic acids is 2. The molecule has 2 aliphatic heterocycles. The fraction of sp³-hybridized carbons (Fsp3) is 0.417. The maximum atomic E-state index is 13.5. The van der Waals surface area contributed by atoms with Crippen LogP contribution in [0.4, 0.5) is 11.4 Å². The molecular weight excluding hydrogens is 442 g/mol. The summed E-state index contributed by atoms with van der Waals surface area (Å²) in [7, 11) is -3.87. The summed E-state index contributed by atoms with van der Waals surface area (Å²) in [5.74, 6) is 0.287. The van der Waals surface area contributed by atoms with E-state index in [0.29, 0.717) is 37.3 Å². The second kappa shape index (κ2) is 9.15. The normalized spacial score (nSPS) is 20.5. The van der Waals surface area contributed by atoms with E-state index in [1.165, 1.54) is 17.3 Å². The van der Waals surface area contributed by atoms with Crippen LogP contribution in [0.15, 0.2) is 47.4 Å². The van der Waals surface area contributed by atoms with Gasteiger partial charge in [0, 0.05) is 30.9 Å². The molecule has 4 rings (SSSR count). The summed E-state index contributed by atoms with van der Waals surface area (Å²) >= 11 is 0. The molecule has 0 bridgehead atoms. The van der Waals surface area contributed by atoms with Crippen molar-refractivity contribution in [3.63, 3.8) is 0 Å². The standard InChI is InChI=1S/C24H29N3O5S/c1-4-32-20-9-7-19(8-10-20)25-24(29)23-6-5-13-26(23)33(30,31)21-11-12-22-18(15-21)14-16(2)27(22)17(3)28/h7-12,15-16,23H,4-6,13-14H2,1-3H3,(H,25,29). The first-order valence-corrected chi connectivity index (χ1v) is 12.6. The highest BCUT2D eigenvalue weighted by Gasteiger charge is 2.40. The molecule has 2 atom stereocenters. The monoisotopic (exact) mass is 471 g/mol. The van der Waals surface area contributed by atoms with Crippen molar-refractivity contribution < 1.29 is 22.7 Å². The van der Waals surface area contributed by atoms with Crippen LogP contribution in [0.5, 0.6) is 5.75 Å². The van der Waals surface area contributed by atoms with Crippen LogP contribution in [-0.2, 0) is 26.0 Å². The van der Waals surface area contributed by atoms with Crippen molar-refractivity contribution in [2.24, 2.45) is 0 Å². The number of hydrogen-bond acceptors (Lipinski definition) is 5. The predicted octanol–water partition coefficient (Wildman–Crippen LogP) is 3.17. The molecule has 9 heteroatoms. The lowest BCUT2D eigenvalue weighted by atomic mass is 10.1. The van der Waals surface area contributed by atoms with Gasteiger partial charge >= 0.3 is 0 Å². The average molecular weight is 472 g/mol. The number of fused-ring (bicyclic) bond motifs is 1. The Morgan fingerprint density at radius 1 is 1.15 bits per heavy atom. The van der Waals surface area contributed by atoms with Crippen molar-refractivity contribution >= 4 is 33.2 Å². The second-order valence-electron chi connectivity index (χ2n) is 8.45. The number of amides is 2. The second-order valence-corrected chi connectivity index (χ2v) is 10.3. The van der Waals surface area contributed by atoms with Crippen LogP contribution >= 0.6 is 0 Å². The summed E-state index contributed by atoms with van der Waals surface area (Å²) in [6.07, 6.45) is 1.67. The number of ether oxygens (including phenoxy) is 1. The third-order valence-corrected chi connectivity index (χ3v) is 8.06. The van der Waals surface area contributed by atoms with Crippen LogP contribution < -0.4 is 15.0 Å². The molecule has 176 valence electrons. The van der Waals surface area contributed by atoms with Crippen molar-refractivity contribution in [3.05, 3.63) is 48.0 Å². The molecule has 2 aromatic carbocycles. The van der Waals surface area contributed by atoms with Gasteiger partial charge in [0.05, 0.1) is 11.5 Å². The molecule has 33 heavy (non-hydrogen) atoms. The number of rotatable bonds is 6. The Balaban J connectivity index is 1.53. The van der Waals surface area contributed by atoms with Gasteiger partial charge in [-0.1, -0.05) is 0 Å². The molecule has 8 nitrogen and oxygen atoms in total. The maximum Gasteiger partial charge on any atom is 0.243 e. The fourth-order valence-corrected chi connectivity index (χ4v) is 6.41. The van der Waals surface area contributed by atoms with Crippen molar-refractivity contribution in [3.8, 4) is 5.75 Å². The van der Waals surface area contributed by atoms with E-state index in [2.05, 4.69) is 5.32 Å². The molecular formula is C24H29N3O5S. The summed E-state index contributed by atoms with van der Waals surface area (Å²) < 4.78 is 33.6. The van der Waals surface area contributed by atoms with Gasteiger partial charge in [-0.15, -0.1) is 0 Å². The first-order chi connectivity index (χ1) is 15.7. The number of carbonyl (C=O) groups is 2. The van der Waals surface area contributed by atoms with E-state index < -0.39 is 16.1 Å². The van der Waals surface area contributed by atoms with Crippen molar-refractivity contribution in [2.75, 3.05) is 23.4 Å². The fourth-order valence-electron chi connectivity index (χ4n) is 4.70. The average Bonchev–Trinajstić information content (AvgIpc) is 3.39. The van der Waals surface area contributed by atoms with Gasteiger partial charge in [0.25, 0.3) is 0 Å². The molecule has 2 unspecified atom stereocenters. The molecule has 1 N–H and O–H groups in total. The van der Waals surface area contributed by atoms with Crippen LogP contribution in [0.2, 0.25) is 0 Å². The van der Waals surface area contributed by atoms with E-state index >= 15 is 0 Å². The Morgan fingerprint density at radius 3 is 2.55 bits per heavy atom. The lowest BCUT2D eigenvalue weighted by Crippen LogP contribution is -2.43. The lowest BCUT2D eigenvalue weighted by molar-refractivity contribution is -0.119. The van der Waals surface area contributed by atoms with Crippen molar-refractivity contribution in [1.29, 1.82) is 0 Å². The number of hydrogen-bond donors (Lipinski definition) is 1. The summed E-state index contributed by atoms with van der Waals surface area (Å²) in [4.78, 5) is 26.8. The first-order valence-electron chi connectivity index (χ1n) is 11.2. The molecule has 1 saturated heterocycles. The van der Waals surface area contributed by atoms with Crippen LogP contribution in [0.1, 0.15) is 39.2 Å². The van der Waals surface area contributed by atoms with Gasteiger partial charge in [0.15, 0.2) is 0 Å². The van der Waals surface area contributed by atoms with Crippen molar-refractivity contribution in [2.45, 2.75) is 57.0 Å². The number of anilines is 2. The minimum atomic E-state index is -3.87. The number of sulfonamides is 1. The van der Waals surface area contributed by atoms with Gasteiger partial charge in [-0.3, -0.25) is 9.59 Å². The zero-order valence-electron chi connectivity index (χ0n) is 19.1. The van der Waals surface area contributed by atoms with Gasteiger partial charge in [0.2, 0.25) is 21.8 Å². The number of benzene rings is 2. The van der Waals surface area contributed by atoms with Crippen molar-refractivity contribution in [1.82, 2.24) is 4.31 Å². The van der Waals surface area contributed by atoms with Gasteiger partial charge in [-0.2, -0.15) is 4.31 Å². The van der Waals surface area contributed by atoms with E-state index in [0.717, 1.165) is 11.3 Å². The van der Waals surface area contributed by atoms with E-state index in [1.54, 1.807) is 41.3 Å². The van der Waals surface area contributed by atoms with Gasteiger partial charge in [-0.05, 0) is 81.1 Å². The molecule has 0 aliphatic carbocycles. The van der Waals surface area contributed by atoms with E-state index in [4.69, 9.17) is 4.74 Å². The van der Waals surface area contributed by atoms with Crippen LogP contribution in [-0.4, -0.2) is 49.8 Å². The molecule has 2 aliphatic rings. The number of nitrogens with one attached hydrogen (secondary N) is 1. The summed E-state index contributed by atoms with van der Waals surface area (Å²) in [6, 6.07) is 11.1. The van der Waals surface area contributed by atoms with Crippen LogP contribution in [0.25, 0.3) is 0 Å². The Kier molecular flexibility index (Phi) is 6.45. The minimum absolute atomic E-state index is 0.0186. The SMILES string of the molecule is CCOc1ccc(NC(=O)C2CCCN2S(=O)(=O)c2ccc3c(c2)CC(C)N3C(C)=O)cc1. The highest BCUT2D eigenvalue weighted by molar-refractivity contribution is 7.89. The lowest BCUT2D eigenvalue weighted by Gasteiger charge is -2.24. The first kappa shape index (κ1) is 23.3. The van der Waals surface area contributed by atoms with E-state index in [1.807, 2.05) is 13.8 Å². The molecule has 0 saturated carbocycles. The topological polar surface area (TPSA) is 96.0 Å². The van der Waals surface area contributed by atoms with E-state index in [-0.39, 0.29) is 29.3 Å². The van der Waals surface area contributed by atoms with Crippen LogP contribution in [0, 0.1) is 0 Å². The zero-order valence-corrected chi connectivity index (χ0v) is 19.9. The summed E-state index contributed by atoms with van der Waals surface area (Å²) in [5.41, 5.74) is 2.16. The maximum absolute atomic E-state index is 13.5. The zero-order chi connectivity index (χ0) is 23.8. The predicted molar refractivity (Wildman–Crippen MR) is 126 cm³/mol. The molecule has 1 fully saturated rings. The van der Waals surface area contributed by atoms with Gasteiger partial charge < -0.3 is 15.0 Å².